The summed E-state index contributed by atoms with van der Waals surface area (Å²) in [5.41, 5.74) is 5.95. The van der Waals surface area contributed by atoms with Gasteiger partial charge in [-0.25, -0.2) is 9.18 Å². The van der Waals surface area contributed by atoms with Crippen molar-refractivity contribution in [3.63, 3.8) is 0 Å². The highest BCUT2D eigenvalue weighted by molar-refractivity contribution is 5.86. The molecule has 5 nitrogen and oxygen atoms in total. The van der Waals surface area contributed by atoms with E-state index in [2.05, 4.69) is 0 Å². The number of hydrogen-bond acceptors (Lipinski definition) is 5. The molecule has 6 heteroatoms. The predicted molar refractivity (Wildman–Crippen MR) is 146 cm³/mol. The normalized spacial score (nSPS) is 13.9. The molecule has 0 radical (unpaired) electrons. The van der Waals surface area contributed by atoms with Crippen LogP contribution in [0.4, 0.5) is 4.39 Å². The molecule has 3 aromatic carbocycles. The first-order chi connectivity index (χ1) is 18.0. The Balaban J connectivity index is 1.95. The zero-order valence-corrected chi connectivity index (χ0v) is 23.4. The summed E-state index contributed by atoms with van der Waals surface area (Å²) in [6.45, 7) is 12.4. The quantitative estimate of drug-likeness (QED) is 0.305. The minimum atomic E-state index is -1.03. The van der Waals surface area contributed by atoms with Crippen LogP contribution in [0.15, 0.2) is 42.5 Å². The van der Waals surface area contributed by atoms with E-state index in [4.69, 9.17) is 18.9 Å². The summed E-state index contributed by atoms with van der Waals surface area (Å²) >= 11 is 0. The third kappa shape index (κ3) is 5.86. The van der Waals surface area contributed by atoms with Crippen molar-refractivity contribution in [1.29, 1.82) is 0 Å². The van der Waals surface area contributed by atoms with E-state index in [1.54, 1.807) is 0 Å². The fourth-order valence-corrected chi connectivity index (χ4v) is 4.89. The summed E-state index contributed by atoms with van der Waals surface area (Å²) in [5, 5.41) is 0. The molecule has 1 heterocycles. The molecule has 1 aliphatic rings. The third-order valence-corrected chi connectivity index (χ3v) is 6.79. The fourth-order valence-electron chi connectivity index (χ4n) is 4.89. The molecular formula is C32H37FO5. The van der Waals surface area contributed by atoms with Gasteiger partial charge in [-0.1, -0.05) is 35.9 Å². The van der Waals surface area contributed by atoms with Gasteiger partial charge in [0.05, 0.1) is 19.3 Å². The molecule has 4 rings (SSSR count). The summed E-state index contributed by atoms with van der Waals surface area (Å²) in [7, 11) is 1.34. The van der Waals surface area contributed by atoms with Crippen LogP contribution in [0, 0.1) is 26.6 Å². The lowest BCUT2D eigenvalue weighted by Crippen LogP contribution is -2.29. The van der Waals surface area contributed by atoms with Gasteiger partial charge in [-0.15, -0.1) is 0 Å². The first kappa shape index (κ1) is 27.6. The van der Waals surface area contributed by atoms with Gasteiger partial charge in [-0.3, -0.25) is 0 Å². The number of ether oxygens (including phenoxy) is 4. The van der Waals surface area contributed by atoms with Crippen molar-refractivity contribution in [2.45, 2.75) is 72.7 Å². The Morgan fingerprint density at radius 1 is 1.08 bits per heavy atom. The van der Waals surface area contributed by atoms with Crippen LogP contribution >= 0.6 is 0 Å². The minimum absolute atomic E-state index is 0.310. The molecule has 202 valence electrons. The number of carbonyl (C=O) groups is 1. The molecule has 0 saturated heterocycles. The van der Waals surface area contributed by atoms with Crippen molar-refractivity contribution in [2.75, 3.05) is 13.7 Å². The van der Waals surface area contributed by atoms with Crippen molar-refractivity contribution >= 4 is 5.97 Å². The topological polar surface area (TPSA) is 54.0 Å². The van der Waals surface area contributed by atoms with Crippen molar-refractivity contribution < 1.29 is 28.1 Å². The van der Waals surface area contributed by atoms with Crippen LogP contribution in [0.5, 0.6) is 11.5 Å². The van der Waals surface area contributed by atoms with Gasteiger partial charge in [0.15, 0.2) is 17.7 Å². The highest BCUT2D eigenvalue weighted by Crippen LogP contribution is 2.46. The van der Waals surface area contributed by atoms with Crippen LogP contribution in [0.25, 0.3) is 11.1 Å². The van der Waals surface area contributed by atoms with Gasteiger partial charge in [0, 0.05) is 16.7 Å². The summed E-state index contributed by atoms with van der Waals surface area (Å²) < 4.78 is 39.0. The molecule has 1 aliphatic heterocycles. The van der Waals surface area contributed by atoms with Gasteiger partial charge in [0.2, 0.25) is 0 Å². The first-order valence-corrected chi connectivity index (χ1v) is 13.0. The third-order valence-electron chi connectivity index (χ3n) is 6.79. The average molecular weight is 521 g/mol. The Bertz CT molecular complexity index is 1320. The van der Waals surface area contributed by atoms with Gasteiger partial charge in [-0.05, 0) is 88.8 Å². The summed E-state index contributed by atoms with van der Waals surface area (Å²) in [4.78, 5) is 13.2. The van der Waals surface area contributed by atoms with E-state index in [1.807, 2.05) is 77.9 Å². The molecule has 0 aromatic heterocycles. The van der Waals surface area contributed by atoms with E-state index < -0.39 is 23.5 Å². The molecule has 0 fully saturated rings. The molecule has 0 bridgehead atoms. The van der Waals surface area contributed by atoms with E-state index >= 15 is 4.39 Å². The van der Waals surface area contributed by atoms with Gasteiger partial charge < -0.3 is 18.9 Å². The molecule has 0 saturated carbocycles. The van der Waals surface area contributed by atoms with Crippen molar-refractivity contribution in [3.05, 3.63) is 81.7 Å². The standard InChI is InChI=1S/C32H37FO5/c1-19-10-13-22(14-11-19)18-37-26-15-12-20(2)27(30(31(34)35-7)38-32(4,5)6)28(26)24-17-25(33)29-23(21(24)3)9-8-16-36-29/h10-15,17,30H,8-9,16,18H2,1-7H3. The van der Waals surface area contributed by atoms with Gasteiger partial charge in [0.25, 0.3) is 0 Å². The highest BCUT2D eigenvalue weighted by Gasteiger charge is 2.34. The van der Waals surface area contributed by atoms with Crippen LogP contribution < -0.4 is 9.47 Å². The lowest BCUT2D eigenvalue weighted by Gasteiger charge is -2.30. The van der Waals surface area contributed by atoms with E-state index in [1.165, 1.54) is 13.2 Å². The van der Waals surface area contributed by atoms with Crippen LogP contribution in [-0.2, 0) is 27.3 Å². The minimum Gasteiger partial charge on any atom is -0.490 e. The van der Waals surface area contributed by atoms with Gasteiger partial charge in [0.1, 0.15) is 12.4 Å². The van der Waals surface area contributed by atoms with E-state index in [-0.39, 0.29) is 0 Å². The van der Waals surface area contributed by atoms with Crippen molar-refractivity contribution in [1.82, 2.24) is 0 Å². The first-order valence-electron chi connectivity index (χ1n) is 13.0. The second kappa shape index (κ2) is 11.2. The number of benzene rings is 3. The molecule has 0 amide bonds. The Morgan fingerprint density at radius 2 is 1.79 bits per heavy atom. The smallest absolute Gasteiger partial charge is 0.339 e. The molecule has 0 spiro atoms. The SMILES string of the molecule is COC(=O)C(OC(C)(C)C)c1c(C)ccc(OCc2ccc(C)cc2)c1-c1cc(F)c2c(c1C)CCCO2. The van der Waals surface area contributed by atoms with Gasteiger partial charge >= 0.3 is 5.97 Å². The molecule has 0 N–H and O–H groups in total. The average Bonchev–Trinajstić information content (AvgIpc) is 2.88. The number of aryl methyl sites for hydroxylation is 2. The zero-order chi connectivity index (χ0) is 27.6. The summed E-state index contributed by atoms with van der Waals surface area (Å²) in [6, 6.07) is 13.4. The molecule has 3 aromatic rings. The largest absolute Gasteiger partial charge is 0.490 e. The maximum Gasteiger partial charge on any atom is 0.339 e. The second-order valence-electron chi connectivity index (χ2n) is 10.9. The highest BCUT2D eigenvalue weighted by atomic mass is 19.1. The van der Waals surface area contributed by atoms with Crippen LogP contribution in [0.1, 0.15) is 66.7 Å². The van der Waals surface area contributed by atoms with Crippen molar-refractivity contribution in [3.8, 4) is 22.6 Å². The monoisotopic (exact) mass is 520 g/mol. The number of fused-ring (bicyclic) bond motifs is 1. The number of rotatable bonds is 7. The Hall–Kier alpha value is -3.38. The van der Waals surface area contributed by atoms with Crippen molar-refractivity contribution in [2.24, 2.45) is 0 Å². The lowest BCUT2D eigenvalue weighted by atomic mass is 9.86. The maximum atomic E-state index is 15.5. The van der Waals surface area contributed by atoms with Crippen LogP contribution in [-0.4, -0.2) is 25.3 Å². The molecule has 0 aliphatic carbocycles. The maximum absolute atomic E-state index is 15.5. The predicted octanol–water partition coefficient (Wildman–Crippen LogP) is 7.35. The summed E-state index contributed by atoms with van der Waals surface area (Å²) in [5.74, 6) is -0.107. The van der Waals surface area contributed by atoms with Crippen LogP contribution in [0.3, 0.4) is 0 Å². The zero-order valence-electron chi connectivity index (χ0n) is 23.4. The number of hydrogen-bond donors (Lipinski definition) is 0. The second-order valence-corrected chi connectivity index (χ2v) is 10.9. The van der Waals surface area contributed by atoms with Crippen LogP contribution in [0.2, 0.25) is 0 Å². The molecule has 1 unspecified atom stereocenters. The van der Waals surface area contributed by atoms with E-state index in [0.717, 1.165) is 34.2 Å². The Kier molecular flexibility index (Phi) is 8.12. The number of carbonyl (C=O) groups excluding carboxylic acids is 1. The Morgan fingerprint density at radius 3 is 2.45 bits per heavy atom. The molecule has 38 heavy (non-hydrogen) atoms. The Labute approximate surface area is 224 Å². The van der Waals surface area contributed by atoms with E-state index in [9.17, 15) is 4.79 Å². The van der Waals surface area contributed by atoms with E-state index in [0.29, 0.717) is 47.8 Å². The number of halogens is 1. The molecular weight excluding hydrogens is 483 g/mol. The lowest BCUT2D eigenvalue weighted by molar-refractivity contribution is -0.164. The fraction of sp³-hybridized carbons (Fsp3) is 0.406. The summed E-state index contributed by atoms with van der Waals surface area (Å²) in [6.07, 6.45) is 0.491. The number of esters is 1. The number of methoxy groups -OCH3 is 1. The molecule has 1 atom stereocenters. The van der Waals surface area contributed by atoms with Gasteiger partial charge in [-0.2, -0.15) is 0 Å².